The zero-order valence-electron chi connectivity index (χ0n) is 22.6. The Morgan fingerprint density at radius 1 is 0.683 bits per heavy atom. The predicted octanol–water partition coefficient (Wildman–Crippen LogP) is 2.97. The van der Waals surface area contributed by atoms with Crippen LogP contribution in [-0.2, 0) is 35.0 Å². The highest BCUT2D eigenvalue weighted by molar-refractivity contribution is 5.81. The monoisotopic (exact) mass is 570 g/mol. The molecule has 0 spiro atoms. The van der Waals surface area contributed by atoms with Crippen molar-refractivity contribution in [3.8, 4) is 11.5 Å². The van der Waals surface area contributed by atoms with Crippen LogP contribution in [0.25, 0.3) is 0 Å². The molecule has 0 aromatic heterocycles. The Hall–Kier alpha value is -5.00. The van der Waals surface area contributed by atoms with Crippen LogP contribution >= 0.6 is 0 Å². The van der Waals surface area contributed by atoms with Crippen molar-refractivity contribution in [3.05, 3.63) is 85.5 Å². The lowest BCUT2D eigenvalue weighted by Gasteiger charge is -2.19. The molecule has 41 heavy (non-hydrogen) atoms. The lowest BCUT2D eigenvalue weighted by atomic mass is 10.1. The van der Waals surface area contributed by atoms with Gasteiger partial charge in [0.15, 0.2) is 6.10 Å². The van der Waals surface area contributed by atoms with E-state index in [2.05, 4.69) is 23.8 Å². The van der Waals surface area contributed by atoms with Gasteiger partial charge in [0.25, 0.3) is 0 Å². The van der Waals surface area contributed by atoms with E-state index in [0.717, 1.165) is 17.7 Å². The van der Waals surface area contributed by atoms with Gasteiger partial charge in [0, 0.05) is 18.6 Å². The van der Waals surface area contributed by atoms with Gasteiger partial charge in [0.1, 0.15) is 37.9 Å². The first-order chi connectivity index (χ1) is 19.9. The number of carbonyl (C=O) groups excluding carboxylic acids is 4. The molecule has 1 atom stereocenters. The Morgan fingerprint density at radius 2 is 1.22 bits per heavy atom. The van der Waals surface area contributed by atoms with Crippen LogP contribution in [0.3, 0.4) is 0 Å². The molecule has 0 aliphatic heterocycles. The number of esters is 2. The van der Waals surface area contributed by atoms with Crippen LogP contribution in [0.1, 0.15) is 5.56 Å². The van der Waals surface area contributed by atoms with E-state index in [1.165, 1.54) is 0 Å². The summed E-state index contributed by atoms with van der Waals surface area (Å²) in [6, 6.07) is 16.2. The van der Waals surface area contributed by atoms with Crippen LogP contribution in [-0.4, -0.2) is 76.4 Å². The Labute approximate surface area is 238 Å². The largest absolute Gasteiger partial charge is 0.490 e. The van der Waals surface area contributed by atoms with Crippen molar-refractivity contribution >= 4 is 24.1 Å². The molecule has 1 unspecified atom stereocenters. The Bertz CT molecular complexity index is 1120. The average Bonchev–Trinajstić information content (AvgIpc) is 2.99. The first kappa shape index (κ1) is 32.2. The molecule has 2 N–H and O–H groups in total. The maximum Gasteiger partial charge on any atom is 0.407 e. The van der Waals surface area contributed by atoms with Crippen molar-refractivity contribution in [3.63, 3.8) is 0 Å². The Balaban J connectivity index is 1.77. The molecule has 2 amide bonds. The number of para-hydroxylation sites is 1. The normalized spacial score (nSPS) is 10.7. The molecule has 0 fully saturated rings. The van der Waals surface area contributed by atoms with Gasteiger partial charge in [-0.15, -0.1) is 0 Å². The summed E-state index contributed by atoms with van der Waals surface area (Å²) < 4.78 is 31.6. The van der Waals surface area contributed by atoms with Gasteiger partial charge in [-0.2, -0.15) is 0 Å². The third-order valence-corrected chi connectivity index (χ3v) is 5.00. The van der Waals surface area contributed by atoms with Gasteiger partial charge in [0.05, 0.1) is 19.7 Å². The zero-order chi connectivity index (χ0) is 29.7. The summed E-state index contributed by atoms with van der Waals surface area (Å²) in [5.41, 5.74) is 0.904. The van der Waals surface area contributed by atoms with Crippen molar-refractivity contribution in [1.29, 1.82) is 0 Å². The van der Waals surface area contributed by atoms with E-state index in [1.54, 1.807) is 24.3 Å². The third kappa shape index (κ3) is 14.7. The highest BCUT2D eigenvalue weighted by Crippen LogP contribution is 2.15. The lowest BCUT2D eigenvalue weighted by molar-refractivity contribution is -0.138. The van der Waals surface area contributed by atoms with E-state index in [9.17, 15) is 19.2 Å². The molecule has 0 bridgehead atoms. The predicted molar refractivity (Wildman–Crippen MR) is 148 cm³/mol. The van der Waals surface area contributed by atoms with Crippen LogP contribution in [0.2, 0.25) is 0 Å². The second-order valence-corrected chi connectivity index (χ2v) is 8.09. The topological polar surface area (TPSA) is 148 Å². The van der Waals surface area contributed by atoms with Gasteiger partial charge >= 0.3 is 24.1 Å². The van der Waals surface area contributed by atoms with Crippen LogP contribution in [0.5, 0.6) is 11.5 Å². The fourth-order valence-corrected chi connectivity index (χ4v) is 3.00. The fraction of sp³-hybridized carbons (Fsp3) is 0.310. The van der Waals surface area contributed by atoms with E-state index < -0.39 is 30.2 Å². The highest BCUT2D eigenvalue weighted by atomic mass is 16.6. The maximum absolute atomic E-state index is 12.2. The second-order valence-electron chi connectivity index (χ2n) is 8.09. The summed E-state index contributed by atoms with van der Waals surface area (Å²) in [4.78, 5) is 46.0. The molecule has 2 rings (SSSR count). The number of carbonyl (C=O) groups is 4. The minimum absolute atomic E-state index is 0.0104. The fourth-order valence-electron chi connectivity index (χ4n) is 3.00. The van der Waals surface area contributed by atoms with E-state index in [0.29, 0.717) is 17.9 Å². The standard InChI is InChI=1S/C29H34N2O10/c1-3-26(32)36-18-15-30-28(34)38-17-14-22-10-12-24(13-11-22)40-21-25(20-39-23-8-6-5-7-9-23)41-29(35)31-16-19-37-27(33)4-2/h3-13,25H,1-2,14-21H2,(H,30,34)(H,31,35). The number of rotatable bonds is 18. The number of ether oxygens (including phenoxy) is 6. The number of nitrogens with one attached hydrogen (secondary N) is 2. The quantitative estimate of drug-likeness (QED) is 0.119. The van der Waals surface area contributed by atoms with Gasteiger partial charge in [-0.25, -0.2) is 19.2 Å². The van der Waals surface area contributed by atoms with Gasteiger partial charge in [-0.3, -0.25) is 0 Å². The van der Waals surface area contributed by atoms with Crippen molar-refractivity contribution in [1.82, 2.24) is 10.6 Å². The summed E-state index contributed by atoms with van der Waals surface area (Å²) in [6.45, 7) is 6.94. The first-order valence-electron chi connectivity index (χ1n) is 12.7. The molecule has 12 nitrogen and oxygen atoms in total. The van der Waals surface area contributed by atoms with Crippen LogP contribution in [0, 0.1) is 0 Å². The van der Waals surface area contributed by atoms with Crippen molar-refractivity contribution in [2.75, 3.05) is 46.1 Å². The van der Waals surface area contributed by atoms with Gasteiger partial charge < -0.3 is 39.1 Å². The van der Waals surface area contributed by atoms with Crippen molar-refractivity contribution in [2.45, 2.75) is 12.5 Å². The molecular weight excluding hydrogens is 536 g/mol. The van der Waals surface area contributed by atoms with Crippen molar-refractivity contribution < 1.29 is 47.6 Å². The van der Waals surface area contributed by atoms with Gasteiger partial charge in [-0.05, 0) is 29.8 Å². The molecule has 2 aromatic rings. The van der Waals surface area contributed by atoms with Gasteiger partial charge in [-0.1, -0.05) is 43.5 Å². The second kappa shape index (κ2) is 19.1. The van der Waals surface area contributed by atoms with E-state index in [4.69, 9.17) is 28.4 Å². The SMILES string of the molecule is C=CC(=O)OCCNC(=O)OCCc1ccc(OCC(COc2ccccc2)OC(=O)NCCOC(=O)C=C)cc1. The number of benzene rings is 2. The summed E-state index contributed by atoms with van der Waals surface area (Å²) >= 11 is 0. The summed E-state index contributed by atoms with van der Waals surface area (Å²) in [6.07, 6.45) is 0.446. The highest BCUT2D eigenvalue weighted by Gasteiger charge is 2.17. The molecule has 0 heterocycles. The third-order valence-electron chi connectivity index (χ3n) is 5.00. The summed E-state index contributed by atoms with van der Waals surface area (Å²) in [5, 5.41) is 4.97. The molecule has 0 radical (unpaired) electrons. The lowest BCUT2D eigenvalue weighted by Crippen LogP contribution is -2.37. The van der Waals surface area contributed by atoms with E-state index >= 15 is 0 Å². The average molecular weight is 571 g/mol. The maximum atomic E-state index is 12.2. The number of hydrogen-bond acceptors (Lipinski definition) is 10. The van der Waals surface area contributed by atoms with Crippen LogP contribution in [0.4, 0.5) is 9.59 Å². The minimum atomic E-state index is -0.752. The van der Waals surface area contributed by atoms with E-state index in [1.807, 2.05) is 30.3 Å². The zero-order valence-corrected chi connectivity index (χ0v) is 22.6. The number of hydrogen-bond donors (Lipinski definition) is 2. The number of alkyl carbamates (subject to hydrolysis) is 2. The van der Waals surface area contributed by atoms with Crippen molar-refractivity contribution in [2.24, 2.45) is 0 Å². The summed E-state index contributed by atoms with van der Waals surface area (Å²) in [5.74, 6) is -0.0180. The van der Waals surface area contributed by atoms with Gasteiger partial charge in [0.2, 0.25) is 0 Å². The molecule has 0 saturated carbocycles. The van der Waals surface area contributed by atoms with Crippen LogP contribution in [0.15, 0.2) is 79.9 Å². The minimum Gasteiger partial charge on any atom is -0.490 e. The molecule has 2 aromatic carbocycles. The summed E-state index contributed by atoms with van der Waals surface area (Å²) in [7, 11) is 0. The van der Waals surface area contributed by atoms with E-state index in [-0.39, 0.29) is 46.1 Å². The molecule has 0 aliphatic carbocycles. The molecule has 0 saturated heterocycles. The van der Waals surface area contributed by atoms with Crippen LogP contribution < -0.4 is 20.1 Å². The Kier molecular flexibility index (Phi) is 15.0. The first-order valence-corrected chi connectivity index (χ1v) is 12.7. The number of amides is 2. The Morgan fingerprint density at radius 3 is 1.78 bits per heavy atom. The smallest absolute Gasteiger partial charge is 0.407 e. The molecule has 220 valence electrons. The molecule has 0 aliphatic rings. The molecule has 12 heteroatoms. The molecular formula is C29H34N2O10.